The average Bonchev–Trinajstić information content (AvgIpc) is 3.75. The van der Waals surface area contributed by atoms with Crippen molar-refractivity contribution in [1.29, 1.82) is 0 Å². The molecule has 2 aliphatic rings. The lowest BCUT2D eigenvalue weighted by atomic mass is 9.99. The molecule has 2 saturated heterocycles. The summed E-state index contributed by atoms with van der Waals surface area (Å²) in [6, 6.07) is 12.5. The van der Waals surface area contributed by atoms with E-state index in [1.807, 2.05) is 36.4 Å². The summed E-state index contributed by atoms with van der Waals surface area (Å²) in [6.07, 6.45) is -4.10. The van der Waals surface area contributed by atoms with Crippen LogP contribution in [0.15, 0.2) is 42.5 Å². The Balaban J connectivity index is 1.49. The van der Waals surface area contributed by atoms with E-state index in [0.717, 1.165) is 17.9 Å². The second kappa shape index (κ2) is 12.9. The quantitative estimate of drug-likeness (QED) is 0.149. The summed E-state index contributed by atoms with van der Waals surface area (Å²) in [6.45, 7) is 0.633. The van der Waals surface area contributed by atoms with Crippen molar-refractivity contribution in [3.63, 3.8) is 0 Å². The van der Waals surface area contributed by atoms with E-state index < -0.39 is 43.4 Å². The van der Waals surface area contributed by atoms with Crippen LogP contribution in [0.4, 0.5) is 0 Å². The van der Waals surface area contributed by atoms with Gasteiger partial charge in [-0.2, -0.15) is 0 Å². The molecule has 2 fully saturated rings. The van der Waals surface area contributed by atoms with Crippen molar-refractivity contribution in [2.24, 2.45) is 0 Å². The van der Waals surface area contributed by atoms with Gasteiger partial charge in [-0.15, -0.1) is 11.6 Å². The SMILES string of the molecule is OC[C@H]1O[C@@H](Oc2cc(/C=C/c3ccc(OCC4CO4)cc3)cc(OCC(O)CCl)c2)[C@H](O)[C@@H](O)[C@@H]1O. The van der Waals surface area contributed by atoms with Crippen molar-refractivity contribution in [2.45, 2.75) is 42.9 Å². The first-order valence-electron chi connectivity index (χ1n) is 11.9. The Hall–Kier alpha value is -2.41. The fourth-order valence-corrected chi connectivity index (χ4v) is 3.69. The highest BCUT2D eigenvalue weighted by atomic mass is 35.5. The van der Waals surface area contributed by atoms with Gasteiger partial charge in [-0.05, 0) is 35.4 Å². The second-order valence-corrected chi connectivity index (χ2v) is 9.15. The van der Waals surface area contributed by atoms with E-state index in [-0.39, 0.29) is 24.3 Å². The van der Waals surface area contributed by atoms with E-state index in [1.54, 1.807) is 12.1 Å². The summed E-state index contributed by atoms with van der Waals surface area (Å²) in [5.41, 5.74) is 1.58. The molecule has 37 heavy (non-hydrogen) atoms. The van der Waals surface area contributed by atoms with Crippen LogP contribution in [0.3, 0.4) is 0 Å². The van der Waals surface area contributed by atoms with Crippen LogP contribution in [0.5, 0.6) is 17.2 Å². The Bertz CT molecular complexity index is 1030. The standard InChI is InChI=1S/C26H31ClO10/c27-10-17(29)12-33-19-7-16(2-1-15-3-5-18(6-4-15)34-13-21-14-35-21)8-20(9-19)36-26-25(32)24(31)23(30)22(11-28)37-26/h1-9,17,21-26,28-32H,10-14H2/b2-1+/t17?,21?,22-,23-,24+,25-,26-/m1/s1. The van der Waals surface area contributed by atoms with E-state index in [9.17, 15) is 25.5 Å². The third-order valence-corrected chi connectivity index (χ3v) is 6.17. The molecule has 2 unspecified atom stereocenters. The van der Waals surface area contributed by atoms with Gasteiger partial charge in [-0.25, -0.2) is 0 Å². The van der Waals surface area contributed by atoms with Crippen LogP contribution in [-0.2, 0) is 9.47 Å². The van der Waals surface area contributed by atoms with Crippen molar-refractivity contribution in [1.82, 2.24) is 0 Å². The molecule has 4 rings (SSSR count). The largest absolute Gasteiger partial charge is 0.491 e. The van der Waals surface area contributed by atoms with Crippen molar-refractivity contribution >= 4 is 23.8 Å². The van der Waals surface area contributed by atoms with Crippen LogP contribution < -0.4 is 14.2 Å². The van der Waals surface area contributed by atoms with E-state index in [1.165, 1.54) is 6.07 Å². The first kappa shape index (κ1) is 27.6. The summed E-state index contributed by atoms with van der Waals surface area (Å²) in [5.74, 6) is 1.34. The van der Waals surface area contributed by atoms with Crippen LogP contribution >= 0.6 is 11.6 Å². The highest BCUT2D eigenvalue weighted by Crippen LogP contribution is 2.29. The lowest BCUT2D eigenvalue weighted by molar-refractivity contribution is -0.277. The fraction of sp³-hybridized carbons (Fsp3) is 0.462. The third-order valence-electron chi connectivity index (χ3n) is 5.81. The van der Waals surface area contributed by atoms with Gasteiger partial charge in [0.2, 0.25) is 6.29 Å². The maximum absolute atomic E-state index is 10.3. The molecule has 0 bridgehead atoms. The van der Waals surface area contributed by atoms with Crippen molar-refractivity contribution in [2.75, 3.05) is 32.3 Å². The number of epoxide rings is 1. The van der Waals surface area contributed by atoms with Gasteiger partial charge in [0, 0.05) is 6.07 Å². The third kappa shape index (κ3) is 7.79. The monoisotopic (exact) mass is 538 g/mol. The average molecular weight is 539 g/mol. The molecule has 0 saturated carbocycles. The normalized spacial score (nSPS) is 28.2. The van der Waals surface area contributed by atoms with Gasteiger partial charge in [0.1, 0.15) is 67.1 Å². The molecule has 0 radical (unpaired) electrons. The molecule has 11 heteroatoms. The molecular weight excluding hydrogens is 508 g/mol. The number of aliphatic hydroxyl groups is 5. The molecule has 0 spiro atoms. The summed E-state index contributed by atoms with van der Waals surface area (Å²) < 4.78 is 27.6. The Kier molecular flexibility index (Phi) is 9.63. The molecule has 202 valence electrons. The van der Waals surface area contributed by atoms with Gasteiger partial charge >= 0.3 is 0 Å². The molecule has 10 nitrogen and oxygen atoms in total. The number of halogens is 1. The minimum absolute atomic E-state index is 0.00120. The molecule has 2 aliphatic heterocycles. The van der Waals surface area contributed by atoms with Crippen LogP contribution in [-0.4, -0.2) is 101 Å². The van der Waals surface area contributed by atoms with Crippen LogP contribution in [0.1, 0.15) is 11.1 Å². The molecule has 2 aromatic carbocycles. The summed E-state index contributed by atoms with van der Waals surface area (Å²) >= 11 is 5.66. The number of hydrogen-bond acceptors (Lipinski definition) is 10. The zero-order chi connectivity index (χ0) is 26.4. The number of ether oxygens (including phenoxy) is 5. The highest BCUT2D eigenvalue weighted by molar-refractivity contribution is 6.18. The Morgan fingerprint density at radius 1 is 0.919 bits per heavy atom. The van der Waals surface area contributed by atoms with Gasteiger partial charge in [0.15, 0.2) is 0 Å². The molecule has 0 aliphatic carbocycles. The predicted molar refractivity (Wildman–Crippen MR) is 134 cm³/mol. The number of hydrogen-bond donors (Lipinski definition) is 5. The zero-order valence-corrected chi connectivity index (χ0v) is 20.7. The van der Waals surface area contributed by atoms with Crippen molar-refractivity contribution in [3.05, 3.63) is 53.6 Å². The van der Waals surface area contributed by atoms with Crippen molar-refractivity contribution < 1.29 is 49.2 Å². The van der Waals surface area contributed by atoms with Crippen LogP contribution in [0.25, 0.3) is 12.2 Å². The minimum Gasteiger partial charge on any atom is -0.491 e. The lowest BCUT2D eigenvalue weighted by Crippen LogP contribution is -2.60. The minimum atomic E-state index is -1.57. The van der Waals surface area contributed by atoms with Crippen LogP contribution in [0, 0.1) is 0 Å². The fourth-order valence-electron chi connectivity index (χ4n) is 3.60. The molecule has 0 aromatic heterocycles. The van der Waals surface area contributed by atoms with Crippen molar-refractivity contribution in [3.8, 4) is 17.2 Å². The molecule has 0 amide bonds. The van der Waals surface area contributed by atoms with Gasteiger partial charge in [-0.1, -0.05) is 24.3 Å². The van der Waals surface area contributed by atoms with E-state index in [2.05, 4.69) is 0 Å². The highest BCUT2D eigenvalue weighted by Gasteiger charge is 2.44. The number of alkyl halides is 1. The molecular formula is C26H31ClO10. The predicted octanol–water partition coefficient (Wildman–Crippen LogP) is 0.792. The smallest absolute Gasteiger partial charge is 0.229 e. The van der Waals surface area contributed by atoms with E-state index >= 15 is 0 Å². The van der Waals surface area contributed by atoms with E-state index in [4.69, 9.17) is 35.3 Å². The molecule has 2 heterocycles. The number of benzene rings is 2. The van der Waals surface area contributed by atoms with Gasteiger partial charge < -0.3 is 49.2 Å². The lowest BCUT2D eigenvalue weighted by Gasteiger charge is -2.39. The van der Waals surface area contributed by atoms with Gasteiger partial charge in [0.05, 0.1) is 19.1 Å². The van der Waals surface area contributed by atoms with Gasteiger partial charge in [0.25, 0.3) is 0 Å². The Morgan fingerprint density at radius 3 is 2.30 bits per heavy atom. The molecule has 5 N–H and O–H groups in total. The maximum atomic E-state index is 10.3. The number of rotatable bonds is 12. The first-order chi connectivity index (χ1) is 17.9. The molecule has 2 aromatic rings. The number of aliphatic hydroxyl groups excluding tert-OH is 5. The summed E-state index contributed by atoms with van der Waals surface area (Å²) in [5, 5.41) is 49.6. The Labute approximate surface area is 219 Å². The summed E-state index contributed by atoms with van der Waals surface area (Å²) in [7, 11) is 0. The second-order valence-electron chi connectivity index (χ2n) is 8.84. The van der Waals surface area contributed by atoms with Gasteiger partial charge in [-0.3, -0.25) is 0 Å². The van der Waals surface area contributed by atoms with Crippen LogP contribution in [0.2, 0.25) is 0 Å². The first-order valence-corrected chi connectivity index (χ1v) is 12.4. The Morgan fingerprint density at radius 2 is 1.62 bits per heavy atom. The van der Waals surface area contributed by atoms with E-state index in [0.29, 0.717) is 17.9 Å². The topological polar surface area (TPSA) is 151 Å². The maximum Gasteiger partial charge on any atom is 0.229 e. The zero-order valence-electron chi connectivity index (χ0n) is 19.9. The summed E-state index contributed by atoms with van der Waals surface area (Å²) in [4.78, 5) is 0. The molecule has 7 atom stereocenters.